The summed E-state index contributed by atoms with van der Waals surface area (Å²) in [6.07, 6.45) is 0.562. The molecule has 6 rings (SSSR count). The van der Waals surface area contributed by atoms with Crippen LogP contribution >= 0.6 is 0 Å². The molecule has 0 aliphatic heterocycles. The van der Waals surface area contributed by atoms with Gasteiger partial charge in [-0.3, -0.25) is 28.8 Å². The van der Waals surface area contributed by atoms with Gasteiger partial charge in [0.1, 0.15) is 36.4 Å². The molecule has 16 heteroatoms. The number of amides is 6. The van der Waals surface area contributed by atoms with E-state index in [4.69, 9.17) is 0 Å². The number of hydrogen-bond acceptors (Lipinski definition) is 8. The Balaban J connectivity index is 1.23. The number of fused-ring (bicyclic) bond motifs is 2. The molecule has 6 amide bonds. The number of rotatable bonds is 23. The molecule has 0 fully saturated rings. The molecule has 2 aromatic heterocycles. The number of hydrogen-bond donors (Lipinski definition) is 10. The topological polar surface area (TPSA) is 247 Å². The predicted molar refractivity (Wildman–Crippen MR) is 269 cm³/mol. The number of carbonyl (C=O) groups excluding carboxylic acids is 6. The van der Waals surface area contributed by atoms with E-state index in [-0.39, 0.29) is 25.7 Å². The Morgan fingerprint density at radius 3 is 1.13 bits per heavy atom. The van der Waals surface area contributed by atoms with E-state index >= 15 is 0 Å². The van der Waals surface area contributed by atoms with Crippen molar-refractivity contribution in [3.8, 4) is 0 Å². The second kappa shape index (κ2) is 24.3. The minimum absolute atomic E-state index is 0.0519. The molecule has 370 valence electrons. The molecule has 16 nitrogen and oxygen atoms in total. The summed E-state index contributed by atoms with van der Waals surface area (Å²) in [6, 6.07) is 26.7. The first kappa shape index (κ1) is 52.1. The lowest BCUT2D eigenvalue weighted by molar-refractivity contribution is -0.134. The number of aliphatic hydroxyl groups excluding tert-OH is 2. The van der Waals surface area contributed by atoms with E-state index in [0.29, 0.717) is 0 Å². The number of aromatic amines is 2. The van der Waals surface area contributed by atoms with Gasteiger partial charge in [0.25, 0.3) is 0 Å². The van der Waals surface area contributed by atoms with E-state index in [0.717, 1.165) is 44.1 Å². The Labute approximate surface area is 408 Å². The van der Waals surface area contributed by atoms with Crippen molar-refractivity contribution in [3.63, 3.8) is 0 Å². The van der Waals surface area contributed by atoms with Crippen LogP contribution in [0.5, 0.6) is 0 Å². The summed E-state index contributed by atoms with van der Waals surface area (Å²) in [5, 5.41) is 43.2. The monoisotopic (exact) mass is 955 g/mol. The first-order valence-corrected chi connectivity index (χ1v) is 23.8. The van der Waals surface area contributed by atoms with Crippen LogP contribution in [0.2, 0.25) is 0 Å². The van der Waals surface area contributed by atoms with Crippen LogP contribution in [0.3, 0.4) is 0 Å². The maximum Gasteiger partial charge on any atom is 0.243 e. The van der Waals surface area contributed by atoms with E-state index in [1.807, 2.05) is 84.9 Å². The summed E-state index contributed by atoms with van der Waals surface area (Å²) in [5.74, 6) is -4.25. The SMILES string of the molecule is CC(=O)N[C@@H](Cc1c[nH]c2ccccc12)C(=O)N[C@H](C(=O)N[C@@H](Cc1ccccc1)[C@H](O)[C@@H](O)[C@H](Cc1ccccc1)NC(=O)[C@@H](NC(=O)[C@H](Cc1c[nH]c2ccccc12)NC(C)=O)C(C)C)C(C)C. The first-order chi connectivity index (χ1) is 33.5. The molecule has 0 radical (unpaired) electrons. The van der Waals surface area contributed by atoms with Crippen molar-refractivity contribution in [2.75, 3.05) is 0 Å². The van der Waals surface area contributed by atoms with Gasteiger partial charge in [-0.15, -0.1) is 0 Å². The van der Waals surface area contributed by atoms with Gasteiger partial charge in [0.15, 0.2) is 0 Å². The Morgan fingerprint density at radius 2 is 0.786 bits per heavy atom. The molecule has 4 aromatic carbocycles. The predicted octanol–water partition coefficient (Wildman–Crippen LogP) is 3.90. The van der Waals surface area contributed by atoms with Gasteiger partial charge in [-0.1, -0.05) is 125 Å². The summed E-state index contributed by atoms with van der Waals surface area (Å²) >= 11 is 0. The number of H-pyrrole nitrogens is 2. The third-order valence-electron chi connectivity index (χ3n) is 12.5. The van der Waals surface area contributed by atoms with Crippen molar-refractivity contribution >= 4 is 57.2 Å². The van der Waals surface area contributed by atoms with Crippen LogP contribution in [-0.2, 0) is 54.5 Å². The van der Waals surface area contributed by atoms with E-state index in [2.05, 4.69) is 41.9 Å². The standard InChI is InChI=1S/C54H66N8O8/c1-31(2)47(61-51(67)45(57-33(5)63)27-37-29-55-41-23-15-13-21-39(37)41)53(69)59-43(25-35-17-9-7-10-18-35)49(65)50(66)44(26-36-19-11-8-12-20-36)60-54(70)48(32(3)4)62-52(68)46(58-34(6)64)28-38-30-56-42-24-16-14-22-40(38)42/h7-24,29-32,43-50,55-56,65-66H,25-28H2,1-6H3,(H,57,63)(H,58,64)(H,59,69)(H,60,70)(H,61,67)(H,62,68)/t43-,44-,45-,46-,47-,48-,49-,50-/m0/s1. The van der Waals surface area contributed by atoms with E-state index in [1.165, 1.54) is 13.8 Å². The third kappa shape index (κ3) is 13.9. The number of benzene rings is 4. The quantitative estimate of drug-likeness (QED) is 0.0451. The van der Waals surface area contributed by atoms with Crippen LogP contribution in [0.25, 0.3) is 21.8 Å². The normalized spacial score (nSPS) is 14.9. The summed E-state index contributed by atoms with van der Waals surface area (Å²) in [4.78, 5) is 88.0. The van der Waals surface area contributed by atoms with E-state index in [9.17, 15) is 39.0 Å². The second-order valence-corrected chi connectivity index (χ2v) is 18.7. The van der Waals surface area contributed by atoms with Gasteiger partial charge in [-0.25, -0.2) is 0 Å². The lowest BCUT2D eigenvalue weighted by Gasteiger charge is -2.35. The fourth-order valence-electron chi connectivity index (χ4n) is 8.80. The average molecular weight is 955 g/mol. The van der Waals surface area contributed by atoms with Gasteiger partial charge in [0.2, 0.25) is 35.4 Å². The number of nitrogens with one attached hydrogen (secondary N) is 8. The van der Waals surface area contributed by atoms with Crippen molar-refractivity contribution in [2.24, 2.45) is 11.8 Å². The molecule has 0 spiro atoms. The van der Waals surface area contributed by atoms with Crippen LogP contribution in [0.1, 0.15) is 63.8 Å². The highest BCUT2D eigenvalue weighted by Gasteiger charge is 2.38. The summed E-state index contributed by atoms with van der Waals surface area (Å²) in [6.45, 7) is 9.64. The van der Waals surface area contributed by atoms with Crippen molar-refractivity contribution < 1.29 is 39.0 Å². The average Bonchev–Trinajstić information content (AvgIpc) is 3.94. The Kier molecular flexibility index (Phi) is 18.1. The molecule has 10 N–H and O–H groups in total. The van der Waals surface area contributed by atoms with Crippen molar-refractivity contribution in [1.29, 1.82) is 0 Å². The lowest BCUT2D eigenvalue weighted by atomic mass is 9.90. The third-order valence-corrected chi connectivity index (χ3v) is 12.5. The van der Waals surface area contributed by atoms with Crippen molar-refractivity contribution in [3.05, 3.63) is 144 Å². The molecule has 0 unspecified atom stereocenters. The number of aromatic nitrogens is 2. The highest BCUT2D eigenvalue weighted by molar-refractivity contribution is 5.94. The molecular formula is C54H66N8O8. The largest absolute Gasteiger partial charge is 0.388 e. The molecule has 8 atom stereocenters. The Morgan fingerprint density at radius 1 is 0.443 bits per heavy atom. The zero-order valence-electron chi connectivity index (χ0n) is 40.5. The highest BCUT2D eigenvalue weighted by atomic mass is 16.3. The molecule has 70 heavy (non-hydrogen) atoms. The fraction of sp³-hybridized carbons (Fsp3) is 0.370. The highest BCUT2D eigenvalue weighted by Crippen LogP contribution is 2.22. The van der Waals surface area contributed by atoms with E-state index < -0.39 is 95.7 Å². The fourth-order valence-corrected chi connectivity index (χ4v) is 8.80. The molecule has 0 saturated carbocycles. The molecule has 6 aromatic rings. The molecule has 0 bridgehead atoms. The Bertz CT molecular complexity index is 2530. The second-order valence-electron chi connectivity index (χ2n) is 18.7. The molecule has 0 aliphatic carbocycles. The molecule has 2 heterocycles. The maximum absolute atomic E-state index is 14.4. The van der Waals surface area contributed by atoms with Gasteiger partial charge in [0.05, 0.1) is 12.1 Å². The number of carbonyl (C=O) groups is 6. The van der Waals surface area contributed by atoms with Gasteiger partial charge < -0.3 is 52.1 Å². The van der Waals surface area contributed by atoms with Crippen LogP contribution in [0.4, 0.5) is 0 Å². The summed E-state index contributed by atoms with van der Waals surface area (Å²) in [7, 11) is 0. The Hall–Kier alpha value is -7.30. The van der Waals surface area contributed by atoms with Gasteiger partial charge in [-0.2, -0.15) is 0 Å². The van der Waals surface area contributed by atoms with Crippen molar-refractivity contribution in [1.82, 2.24) is 41.9 Å². The van der Waals surface area contributed by atoms with Crippen LogP contribution in [-0.4, -0.2) is 104 Å². The number of aliphatic hydroxyl groups is 2. The van der Waals surface area contributed by atoms with Gasteiger partial charge in [-0.05, 0) is 59.1 Å². The van der Waals surface area contributed by atoms with Crippen LogP contribution < -0.4 is 31.9 Å². The minimum Gasteiger partial charge on any atom is -0.388 e. The number of para-hydroxylation sites is 2. The smallest absolute Gasteiger partial charge is 0.243 e. The van der Waals surface area contributed by atoms with Gasteiger partial charge in [0, 0.05) is 60.9 Å². The first-order valence-electron chi connectivity index (χ1n) is 23.8. The minimum atomic E-state index is -1.69. The summed E-state index contributed by atoms with van der Waals surface area (Å²) in [5.41, 5.74) is 4.77. The summed E-state index contributed by atoms with van der Waals surface area (Å²) < 4.78 is 0. The molecule has 0 saturated heterocycles. The van der Waals surface area contributed by atoms with Crippen molar-refractivity contribution in [2.45, 2.75) is 116 Å². The molecular weight excluding hydrogens is 889 g/mol. The lowest BCUT2D eigenvalue weighted by Crippen LogP contribution is -2.62. The zero-order chi connectivity index (χ0) is 50.5. The van der Waals surface area contributed by atoms with Gasteiger partial charge >= 0.3 is 0 Å². The zero-order valence-corrected chi connectivity index (χ0v) is 40.5. The van der Waals surface area contributed by atoms with Crippen LogP contribution in [0, 0.1) is 11.8 Å². The van der Waals surface area contributed by atoms with Crippen LogP contribution in [0.15, 0.2) is 122 Å². The maximum atomic E-state index is 14.4. The van der Waals surface area contributed by atoms with E-state index in [1.54, 1.807) is 64.4 Å². The molecule has 0 aliphatic rings.